The molecule has 1 heterocycles. The van der Waals surface area contributed by atoms with Crippen molar-refractivity contribution in [2.75, 3.05) is 13.1 Å². The van der Waals surface area contributed by atoms with Crippen LogP contribution in [-0.2, 0) is 0 Å². The summed E-state index contributed by atoms with van der Waals surface area (Å²) in [5.74, 6) is 0.593. The molecule has 19 heavy (non-hydrogen) atoms. The Kier molecular flexibility index (Phi) is 5.47. The Morgan fingerprint density at radius 2 is 1.95 bits per heavy atom. The van der Waals surface area contributed by atoms with E-state index >= 15 is 0 Å². The summed E-state index contributed by atoms with van der Waals surface area (Å²) < 4.78 is 0. The van der Waals surface area contributed by atoms with Gasteiger partial charge in [-0.05, 0) is 11.8 Å². The number of H-pyrrole nitrogens is 1. The van der Waals surface area contributed by atoms with Crippen molar-refractivity contribution in [2.45, 2.75) is 27.7 Å². The van der Waals surface area contributed by atoms with Crippen LogP contribution < -0.4 is 5.73 Å². The van der Waals surface area contributed by atoms with E-state index in [4.69, 9.17) is 5.73 Å². The molecule has 7 heteroatoms. The minimum absolute atomic E-state index is 0.179. The molecule has 1 rings (SSSR count). The van der Waals surface area contributed by atoms with E-state index in [1.165, 1.54) is 6.33 Å². The van der Waals surface area contributed by atoms with Gasteiger partial charge in [-0.3, -0.25) is 9.80 Å². The fraction of sp³-hybridized carbons (Fsp3) is 0.667. The lowest BCUT2D eigenvalue weighted by atomic mass is 10.2. The highest BCUT2D eigenvalue weighted by atomic mass is 16.1. The lowest BCUT2D eigenvalue weighted by molar-refractivity contribution is 0.0996. The topological polar surface area (TPSA) is 99.7 Å². The van der Waals surface area contributed by atoms with Gasteiger partial charge in [0.25, 0.3) is 5.91 Å². The van der Waals surface area contributed by atoms with Crippen molar-refractivity contribution in [1.29, 1.82) is 0 Å². The molecule has 0 aromatic carbocycles. The number of nitrogens with two attached hydrogens (primary N) is 1. The third-order valence-electron chi connectivity index (χ3n) is 2.28. The van der Waals surface area contributed by atoms with Crippen molar-refractivity contribution in [3.05, 3.63) is 12.0 Å². The highest BCUT2D eigenvalue weighted by molar-refractivity contribution is 5.94. The van der Waals surface area contributed by atoms with Gasteiger partial charge in [-0.25, -0.2) is 4.98 Å². The molecule has 0 aliphatic rings. The predicted octanol–water partition coefficient (Wildman–Crippen LogP) is 2.12. The van der Waals surface area contributed by atoms with Gasteiger partial charge in [-0.1, -0.05) is 32.9 Å². The number of carbonyl (C=O) groups is 1. The third-order valence-corrected chi connectivity index (χ3v) is 2.28. The maximum Gasteiger partial charge on any atom is 0.269 e. The molecule has 0 unspecified atom stereocenters. The van der Waals surface area contributed by atoms with Crippen LogP contribution >= 0.6 is 0 Å². The molecule has 3 N–H and O–H groups in total. The number of hydrogen-bond donors (Lipinski definition) is 2. The summed E-state index contributed by atoms with van der Waals surface area (Å²) in [6.45, 7) is 10.1. The van der Waals surface area contributed by atoms with Crippen LogP contribution in [0.5, 0.6) is 0 Å². The minimum atomic E-state index is -0.592. The molecular formula is C12H22N6O. The number of hydrogen-bond acceptors (Lipinski definition) is 4. The number of primary amides is 1. The molecule has 1 aromatic rings. The maximum atomic E-state index is 11.1. The van der Waals surface area contributed by atoms with Crippen molar-refractivity contribution in [3.8, 4) is 0 Å². The number of amides is 1. The highest BCUT2D eigenvalue weighted by Gasteiger charge is 2.12. The molecule has 0 fully saturated rings. The number of aromatic amines is 1. The normalized spacial score (nSPS) is 11.7. The number of rotatable bonds is 7. The van der Waals surface area contributed by atoms with Crippen LogP contribution in [0.2, 0.25) is 0 Å². The predicted molar refractivity (Wildman–Crippen MR) is 72.9 cm³/mol. The molecule has 1 aromatic heterocycles. The van der Waals surface area contributed by atoms with Gasteiger partial charge in [-0.15, -0.1) is 5.11 Å². The number of aromatic nitrogens is 2. The molecule has 0 aliphatic carbocycles. The van der Waals surface area contributed by atoms with Crippen LogP contribution in [0.4, 0.5) is 5.82 Å². The van der Waals surface area contributed by atoms with Crippen LogP contribution in [0, 0.1) is 11.8 Å². The number of nitrogens with zero attached hydrogens (tertiary/aromatic N) is 4. The third kappa shape index (κ3) is 5.07. The van der Waals surface area contributed by atoms with Crippen LogP contribution in [0.25, 0.3) is 0 Å². The molecule has 0 bridgehead atoms. The largest absolute Gasteiger partial charge is 0.364 e. The Bertz CT molecular complexity index is 427. The summed E-state index contributed by atoms with van der Waals surface area (Å²) in [7, 11) is 0. The number of nitrogens with one attached hydrogen (secondary N) is 1. The van der Waals surface area contributed by atoms with E-state index in [-0.39, 0.29) is 11.5 Å². The smallest absolute Gasteiger partial charge is 0.269 e. The molecule has 7 nitrogen and oxygen atoms in total. The first-order chi connectivity index (χ1) is 8.90. The average molecular weight is 266 g/mol. The van der Waals surface area contributed by atoms with Crippen LogP contribution in [-0.4, -0.2) is 34.0 Å². The SMILES string of the molecule is CC(C)CN(CC(C)C)/N=N/c1nc[nH]c1C(N)=O. The molecular weight excluding hydrogens is 244 g/mol. The van der Waals surface area contributed by atoms with E-state index in [1.807, 2.05) is 5.01 Å². The lowest BCUT2D eigenvalue weighted by Gasteiger charge is -2.21. The zero-order chi connectivity index (χ0) is 14.4. The van der Waals surface area contributed by atoms with E-state index in [9.17, 15) is 4.79 Å². The minimum Gasteiger partial charge on any atom is -0.364 e. The number of imidazole rings is 1. The van der Waals surface area contributed by atoms with E-state index < -0.39 is 5.91 Å². The first-order valence-corrected chi connectivity index (χ1v) is 6.40. The quantitative estimate of drug-likeness (QED) is 0.584. The van der Waals surface area contributed by atoms with Gasteiger partial charge < -0.3 is 10.7 Å². The molecule has 0 saturated carbocycles. The molecule has 0 atom stereocenters. The van der Waals surface area contributed by atoms with Crippen LogP contribution in [0.15, 0.2) is 16.7 Å². The highest BCUT2D eigenvalue weighted by Crippen LogP contribution is 2.14. The second kappa shape index (κ2) is 6.86. The maximum absolute atomic E-state index is 11.1. The number of carbonyl (C=O) groups excluding carboxylic acids is 1. The summed E-state index contributed by atoms with van der Waals surface area (Å²) in [6.07, 6.45) is 1.38. The second-order valence-electron chi connectivity index (χ2n) is 5.31. The van der Waals surface area contributed by atoms with Gasteiger partial charge in [-0.2, -0.15) is 0 Å². The Morgan fingerprint density at radius 3 is 2.42 bits per heavy atom. The van der Waals surface area contributed by atoms with Gasteiger partial charge in [0, 0.05) is 13.1 Å². The first-order valence-electron chi connectivity index (χ1n) is 6.40. The standard InChI is InChI=1S/C12H22N6O/c1-8(2)5-18(6-9(3)4)17-16-12-10(11(13)19)14-7-15-12/h7-9H,5-6H2,1-4H3,(H2,13,19)(H,14,15)/b17-16+. The molecule has 0 aliphatic heterocycles. The fourth-order valence-corrected chi connectivity index (χ4v) is 1.64. The van der Waals surface area contributed by atoms with E-state index in [0.717, 1.165) is 13.1 Å². The summed E-state index contributed by atoms with van der Waals surface area (Å²) in [5, 5.41) is 10.0. The van der Waals surface area contributed by atoms with Gasteiger partial charge in [0.2, 0.25) is 5.82 Å². The summed E-state index contributed by atoms with van der Waals surface area (Å²) in [6, 6.07) is 0. The van der Waals surface area contributed by atoms with Gasteiger partial charge in [0.15, 0.2) is 5.69 Å². The molecule has 0 radical (unpaired) electrons. The zero-order valence-corrected chi connectivity index (χ0v) is 11.9. The van der Waals surface area contributed by atoms with E-state index in [2.05, 4.69) is 48.0 Å². The first kappa shape index (κ1) is 15.1. The summed E-state index contributed by atoms with van der Waals surface area (Å²) in [5.41, 5.74) is 5.38. The summed E-state index contributed by atoms with van der Waals surface area (Å²) in [4.78, 5) is 17.7. The van der Waals surface area contributed by atoms with E-state index in [1.54, 1.807) is 0 Å². The molecule has 0 spiro atoms. The van der Waals surface area contributed by atoms with Crippen molar-refractivity contribution in [2.24, 2.45) is 27.9 Å². The van der Waals surface area contributed by atoms with Crippen molar-refractivity contribution < 1.29 is 4.79 Å². The average Bonchev–Trinajstić information content (AvgIpc) is 2.72. The van der Waals surface area contributed by atoms with E-state index in [0.29, 0.717) is 11.8 Å². The lowest BCUT2D eigenvalue weighted by Crippen LogP contribution is -2.26. The molecule has 106 valence electrons. The van der Waals surface area contributed by atoms with Crippen molar-refractivity contribution >= 4 is 11.7 Å². The van der Waals surface area contributed by atoms with Gasteiger partial charge >= 0.3 is 0 Å². The monoisotopic (exact) mass is 266 g/mol. The summed E-state index contributed by atoms with van der Waals surface area (Å²) >= 11 is 0. The Hall–Kier alpha value is -1.92. The zero-order valence-electron chi connectivity index (χ0n) is 11.9. The van der Waals surface area contributed by atoms with Crippen LogP contribution in [0.1, 0.15) is 38.2 Å². The Morgan fingerprint density at radius 1 is 1.37 bits per heavy atom. The Balaban J connectivity index is 2.79. The van der Waals surface area contributed by atoms with Crippen LogP contribution in [0.3, 0.4) is 0 Å². The molecule has 0 saturated heterocycles. The second-order valence-corrected chi connectivity index (χ2v) is 5.31. The van der Waals surface area contributed by atoms with Gasteiger partial charge in [0.1, 0.15) is 0 Å². The fourth-order valence-electron chi connectivity index (χ4n) is 1.64. The molecule has 1 amide bonds. The van der Waals surface area contributed by atoms with Crippen molar-refractivity contribution in [1.82, 2.24) is 15.0 Å². The Labute approximate surface area is 113 Å². The van der Waals surface area contributed by atoms with Crippen molar-refractivity contribution in [3.63, 3.8) is 0 Å². The van der Waals surface area contributed by atoms with Gasteiger partial charge in [0.05, 0.1) is 6.33 Å².